The number of nitrogens with one attached hydrogen (secondary N) is 1. The molecule has 0 atom stereocenters. The third-order valence-electron chi connectivity index (χ3n) is 2.16. The van der Waals surface area contributed by atoms with Gasteiger partial charge in [0.25, 0.3) is 0 Å². The van der Waals surface area contributed by atoms with Crippen LogP contribution >= 0.6 is 0 Å². The molecule has 0 bridgehead atoms. The van der Waals surface area contributed by atoms with Gasteiger partial charge in [0.15, 0.2) is 5.82 Å². The van der Waals surface area contributed by atoms with Gasteiger partial charge in [0.05, 0.1) is 5.52 Å². The first-order chi connectivity index (χ1) is 7.06. The van der Waals surface area contributed by atoms with Gasteiger partial charge >= 0.3 is 0 Å². The number of fused-ring (bicyclic) bond motifs is 1. The predicted molar refractivity (Wildman–Crippen MR) is 54.6 cm³/mol. The van der Waals surface area contributed by atoms with Crippen molar-refractivity contribution in [2.24, 2.45) is 5.92 Å². The van der Waals surface area contributed by atoms with E-state index in [1.165, 1.54) is 6.07 Å². The van der Waals surface area contributed by atoms with Crippen LogP contribution in [0.15, 0.2) is 12.1 Å². The molecule has 1 aromatic carbocycles. The molecule has 0 saturated heterocycles. The van der Waals surface area contributed by atoms with Crippen molar-refractivity contribution in [3.8, 4) is 0 Å². The molecule has 0 aliphatic rings. The molecular formula is C11H12F2N2. The molecule has 2 aromatic rings. The quantitative estimate of drug-likeness (QED) is 0.810. The van der Waals surface area contributed by atoms with E-state index >= 15 is 0 Å². The molecule has 0 radical (unpaired) electrons. The smallest absolute Gasteiger partial charge is 0.153 e. The van der Waals surface area contributed by atoms with Crippen LogP contribution in [0.1, 0.15) is 19.7 Å². The van der Waals surface area contributed by atoms with Crippen molar-refractivity contribution in [3.05, 3.63) is 29.6 Å². The normalized spacial score (nSPS) is 11.5. The first-order valence-electron chi connectivity index (χ1n) is 4.90. The van der Waals surface area contributed by atoms with Crippen molar-refractivity contribution in [3.63, 3.8) is 0 Å². The second-order valence-corrected chi connectivity index (χ2v) is 4.07. The number of imidazole rings is 1. The fraction of sp³-hybridized carbons (Fsp3) is 0.364. The van der Waals surface area contributed by atoms with Gasteiger partial charge in [-0.15, -0.1) is 0 Å². The summed E-state index contributed by atoms with van der Waals surface area (Å²) in [6.07, 6.45) is 0.732. The van der Waals surface area contributed by atoms with Gasteiger partial charge < -0.3 is 4.98 Å². The molecule has 15 heavy (non-hydrogen) atoms. The maximum atomic E-state index is 13.3. The zero-order chi connectivity index (χ0) is 11.0. The number of hydrogen-bond donors (Lipinski definition) is 1. The van der Waals surface area contributed by atoms with Crippen LogP contribution in [0.25, 0.3) is 11.0 Å². The summed E-state index contributed by atoms with van der Waals surface area (Å²) >= 11 is 0. The van der Waals surface area contributed by atoms with Crippen molar-refractivity contribution >= 4 is 11.0 Å². The molecule has 0 spiro atoms. The minimum absolute atomic E-state index is 0.215. The second-order valence-electron chi connectivity index (χ2n) is 4.07. The lowest BCUT2D eigenvalue weighted by Gasteiger charge is -1.98. The van der Waals surface area contributed by atoms with Crippen molar-refractivity contribution in [1.82, 2.24) is 9.97 Å². The standard InChI is InChI=1S/C11H12F2N2/c1-6(2)3-10-14-9-5-7(12)4-8(13)11(9)15-10/h4-6H,3H2,1-2H3,(H,14,15). The van der Waals surface area contributed by atoms with Gasteiger partial charge in [-0.2, -0.15) is 0 Å². The number of nitrogens with zero attached hydrogens (tertiary/aromatic N) is 1. The van der Waals surface area contributed by atoms with Crippen molar-refractivity contribution in [2.45, 2.75) is 20.3 Å². The summed E-state index contributed by atoms with van der Waals surface area (Å²) in [5, 5.41) is 0. The maximum Gasteiger partial charge on any atom is 0.153 e. The van der Waals surface area contributed by atoms with E-state index in [2.05, 4.69) is 9.97 Å². The Hall–Kier alpha value is -1.45. The SMILES string of the molecule is CC(C)Cc1nc2c(F)cc(F)cc2[nH]1. The van der Waals surface area contributed by atoms with Crippen LogP contribution < -0.4 is 0 Å². The van der Waals surface area contributed by atoms with Gasteiger partial charge in [-0.1, -0.05) is 13.8 Å². The van der Waals surface area contributed by atoms with Crippen LogP contribution in [0.4, 0.5) is 8.78 Å². The fourth-order valence-corrected chi connectivity index (χ4v) is 1.58. The molecule has 4 heteroatoms. The fourth-order valence-electron chi connectivity index (χ4n) is 1.58. The molecule has 0 aliphatic carbocycles. The van der Waals surface area contributed by atoms with Gasteiger partial charge in [0.2, 0.25) is 0 Å². The van der Waals surface area contributed by atoms with E-state index in [-0.39, 0.29) is 5.52 Å². The van der Waals surface area contributed by atoms with Gasteiger partial charge in [0, 0.05) is 12.5 Å². The number of halogens is 2. The molecule has 0 saturated carbocycles. The average Bonchev–Trinajstić information content (AvgIpc) is 2.45. The van der Waals surface area contributed by atoms with Crippen molar-refractivity contribution in [1.29, 1.82) is 0 Å². The van der Waals surface area contributed by atoms with Gasteiger partial charge in [-0.05, 0) is 12.0 Å². The number of H-pyrrole nitrogens is 1. The lowest BCUT2D eigenvalue weighted by Crippen LogP contribution is -1.95. The van der Waals surface area contributed by atoms with Crippen LogP contribution in [0.5, 0.6) is 0 Å². The number of rotatable bonds is 2. The van der Waals surface area contributed by atoms with Crippen LogP contribution in [0, 0.1) is 17.6 Å². The minimum atomic E-state index is -0.615. The minimum Gasteiger partial charge on any atom is -0.342 e. The molecule has 0 amide bonds. The van der Waals surface area contributed by atoms with Crippen LogP contribution in [-0.2, 0) is 6.42 Å². The third kappa shape index (κ3) is 1.98. The Morgan fingerprint density at radius 1 is 1.33 bits per heavy atom. The van der Waals surface area contributed by atoms with Gasteiger partial charge in [-0.25, -0.2) is 13.8 Å². The highest BCUT2D eigenvalue weighted by molar-refractivity contribution is 5.75. The van der Waals surface area contributed by atoms with Crippen molar-refractivity contribution in [2.75, 3.05) is 0 Å². The van der Waals surface area contributed by atoms with Gasteiger partial charge in [0.1, 0.15) is 17.2 Å². The van der Waals surface area contributed by atoms with E-state index < -0.39 is 11.6 Å². The molecule has 2 nitrogen and oxygen atoms in total. The zero-order valence-electron chi connectivity index (χ0n) is 8.64. The molecule has 0 aliphatic heterocycles. The molecule has 0 fully saturated rings. The molecule has 1 heterocycles. The van der Waals surface area contributed by atoms with Gasteiger partial charge in [-0.3, -0.25) is 0 Å². The van der Waals surface area contributed by atoms with E-state index in [1.54, 1.807) is 0 Å². The number of aromatic nitrogens is 2. The average molecular weight is 210 g/mol. The van der Waals surface area contributed by atoms with E-state index in [1.807, 2.05) is 13.8 Å². The molecule has 0 unspecified atom stereocenters. The Balaban J connectivity index is 2.50. The maximum absolute atomic E-state index is 13.3. The van der Waals surface area contributed by atoms with Crippen molar-refractivity contribution < 1.29 is 8.78 Å². The summed E-state index contributed by atoms with van der Waals surface area (Å²) in [6, 6.07) is 2.11. The largest absolute Gasteiger partial charge is 0.342 e. The number of hydrogen-bond acceptors (Lipinski definition) is 1. The molecule has 1 aromatic heterocycles. The van der Waals surface area contributed by atoms with E-state index in [9.17, 15) is 8.78 Å². The Kier molecular flexibility index (Phi) is 2.42. The predicted octanol–water partition coefficient (Wildman–Crippen LogP) is 3.04. The summed E-state index contributed by atoms with van der Waals surface area (Å²) in [5.41, 5.74) is 0.634. The van der Waals surface area contributed by atoms with E-state index in [4.69, 9.17) is 0 Å². The summed E-state index contributed by atoms with van der Waals surface area (Å²) in [4.78, 5) is 7.01. The Bertz CT molecular complexity index is 489. The Morgan fingerprint density at radius 3 is 2.73 bits per heavy atom. The third-order valence-corrected chi connectivity index (χ3v) is 2.16. The lowest BCUT2D eigenvalue weighted by molar-refractivity contribution is 0.590. The first-order valence-corrected chi connectivity index (χ1v) is 4.90. The Morgan fingerprint density at radius 2 is 2.07 bits per heavy atom. The number of aromatic amines is 1. The molecular weight excluding hydrogens is 198 g/mol. The topological polar surface area (TPSA) is 28.7 Å². The van der Waals surface area contributed by atoms with E-state index in [0.717, 1.165) is 12.5 Å². The summed E-state index contributed by atoms with van der Waals surface area (Å²) in [5.74, 6) is -0.0704. The summed E-state index contributed by atoms with van der Waals surface area (Å²) in [7, 11) is 0. The molecule has 80 valence electrons. The van der Waals surface area contributed by atoms with Crippen LogP contribution in [-0.4, -0.2) is 9.97 Å². The zero-order valence-corrected chi connectivity index (χ0v) is 8.64. The van der Waals surface area contributed by atoms with Crippen LogP contribution in [0.2, 0.25) is 0 Å². The molecule has 2 rings (SSSR count). The first kappa shape index (κ1) is 10.1. The molecule has 1 N–H and O–H groups in total. The highest BCUT2D eigenvalue weighted by Gasteiger charge is 2.10. The summed E-state index contributed by atoms with van der Waals surface area (Å²) < 4.78 is 26.2. The van der Waals surface area contributed by atoms with Crippen LogP contribution in [0.3, 0.4) is 0 Å². The highest BCUT2D eigenvalue weighted by atomic mass is 19.1. The second kappa shape index (κ2) is 3.61. The number of benzene rings is 1. The van der Waals surface area contributed by atoms with E-state index in [0.29, 0.717) is 17.3 Å². The monoisotopic (exact) mass is 210 g/mol. The highest BCUT2D eigenvalue weighted by Crippen LogP contribution is 2.18. The Labute approximate surface area is 86.3 Å². The summed E-state index contributed by atoms with van der Waals surface area (Å²) in [6.45, 7) is 4.09. The lowest BCUT2D eigenvalue weighted by atomic mass is 10.1.